The molecule has 0 aromatic heterocycles. The first-order valence-electron chi connectivity index (χ1n) is 5.63. The van der Waals surface area contributed by atoms with Crippen molar-refractivity contribution >= 4 is 33.3 Å². The number of carboxylic acids is 1. The Bertz CT molecular complexity index is 810. The summed E-state index contributed by atoms with van der Waals surface area (Å²) in [7, 11) is -4.05. The van der Waals surface area contributed by atoms with Crippen LogP contribution < -0.4 is 61.2 Å². The smallest absolute Gasteiger partial charge is 0.545 e. The molecule has 2 rings (SSSR count). The van der Waals surface area contributed by atoms with E-state index in [-0.39, 0.29) is 67.0 Å². The van der Waals surface area contributed by atoms with Crippen molar-refractivity contribution in [3.63, 3.8) is 0 Å². The molecule has 0 saturated heterocycles. The van der Waals surface area contributed by atoms with Gasteiger partial charge in [0.05, 0.1) is 21.6 Å². The van der Waals surface area contributed by atoms with Gasteiger partial charge in [-0.05, 0) is 30.3 Å². The molecule has 0 radical (unpaired) electrons. The first-order valence-corrected chi connectivity index (χ1v) is 7.49. The van der Waals surface area contributed by atoms with Crippen molar-refractivity contribution in [2.45, 2.75) is 4.90 Å². The Kier molecular flexibility index (Phi) is 6.87. The van der Waals surface area contributed by atoms with E-state index in [0.29, 0.717) is 0 Å². The summed E-state index contributed by atoms with van der Waals surface area (Å²) in [6.07, 6.45) is 0. The number of carbonyl (C=O) groups is 1. The largest absolute Gasteiger partial charge is 1.00 e. The van der Waals surface area contributed by atoms with Crippen molar-refractivity contribution in [2.75, 3.05) is 4.72 Å². The maximum absolute atomic E-state index is 12.2. The van der Waals surface area contributed by atoms with Gasteiger partial charge in [0.1, 0.15) is 5.75 Å². The molecule has 0 bridgehead atoms. The molecule has 9 heteroatoms. The molecule has 0 unspecified atom stereocenters. The molecule has 110 valence electrons. The number of phenols is 1. The van der Waals surface area contributed by atoms with Gasteiger partial charge >= 0.3 is 51.4 Å². The predicted molar refractivity (Wildman–Crippen MR) is 74.7 cm³/mol. The maximum atomic E-state index is 12.2. The number of benzene rings is 2. The fourth-order valence-corrected chi connectivity index (χ4v) is 2.94. The normalized spacial score (nSPS) is 10.6. The predicted octanol–water partition coefficient (Wildman–Crippen LogP) is -1.79. The summed E-state index contributed by atoms with van der Waals surface area (Å²) >= 11 is 5.85. The molecular formula is C13H9ClKNO5S. The van der Waals surface area contributed by atoms with Crippen LogP contribution in [0.25, 0.3) is 0 Å². The summed E-state index contributed by atoms with van der Waals surface area (Å²) in [5.41, 5.74) is -0.459. The minimum Gasteiger partial charge on any atom is -0.545 e. The zero-order valence-corrected chi connectivity index (χ0v) is 16.1. The van der Waals surface area contributed by atoms with E-state index in [9.17, 15) is 23.4 Å². The number of anilines is 1. The molecule has 0 saturated carbocycles. The monoisotopic (exact) mass is 365 g/mol. The molecule has 2 aromatic carbocycles. The number of carboxylic acid groups (broad SMARTS) is 1. The molecule has 0 heterocycles. The van der Waals surface area contributed by atoms with Crippen LogP contribution in [-0.4, -0.2) is 19.5 Å². The molecule has 0 amide bonds. The van der Waals surface area contributed by atoms with E-state index in [1.807, 2.05) is 0 Å². The van der Waals surface area contributed by atoms with Crippen molar-refractivity contribution in [3.8, 4) is 5.75 Å². The van der Waals surface area contributed by atoms with Crippen LogP contribution in [0.5, 0.6) is 5.75 Å². The first kappa shape index (κ1) is 19.4. The van der Waals surface area contributed by atoms with E-state index < -0.39 is 27.3 Å². The Morgan fingerprint density at radius 2 is 1.82 bits per heavy atom. The van der Waals surface area contributed by atoms with Gasteiger partial charge in [-0.15, -0.1) is 0 Å². The van der Waals surface area contributed by atoms with Gasteiger partial charge in [-0.1, -0.05) is 23.7 Å². The van der Waals surface area contributed by atoms with E-state index >= 15 is 0 Å². The van der Waals surface area contributed by atoms with Gasteiger partial charge in [0, 0.05) is 5.56 Å². The minimum absolute atomic E-state index is 0. The average Bonchev–Trinajstić information content (AvgIpc) is 2.41. The maximum Gasteiger partial charge on any atom is 1.00 e. The first-order chi connectivity index (χ1) is 9.81. The number of carbonyl (C=O) groups excluding carboxylic acids is 1. The van der Waals surface area contributed by atoms with Crippen LogP contribution in [0.1, 0.15) is 10.4 Å². The third-order valence-corrected chi connectivity index (χ3v) is 4.31. The van der Waals surface area contributed by atoms with Crippen molar-refractivity contribution in [1.82, 2.24) is 0 Å². The Morgan fingerprint density at radius 1 is 1.18 bits per heavy atom. The molecule has 0 spiro atoms. The fraction of sp³-hybridized carbons (Fsp3) is 0. The van der Waals surface area contributed by atoms with Crippen LogP contribution in [0.2, 0.25) is 5.02 Å². The number of aromatic hydroxyl groups is 1. The van der Waals surface area contributed by atoms with Gasteiger partial charge in [0.2, 0.25) is 0 Å². The van der Waals surface area contributed by atoms with Gasteiger partial charge in [-0.3, -0.25) is 4.72 Å². The van der Waals surface area contributed by atoms with Crippen LogP contribution in [0.3, 0.4) is 0 Å². The van der Waals surface area contributed by atoms with Gasteiger partial charge in [0.15, 0.2) is 0 Å². The number of rotatable bonds is 4. The zero-order valence-electron chi connectivity index (χ0n) is 11.4. The van der Waals surface area contributed by atoms with Crippen molar-refractivity contribution in [2.24, 2.45) is 0 Å². The summed E-state index contributed by atoms with van der Waals surface area (Å²) < 4.78 is 26.6. The van der Waals surface area contributed by atoms with Crippen molar-refractivity contribution < 1.29 is 74.8 Å². The summed E-state index contributed by atoms with van der Waals surface area (Å²) in [4.78, 5) is 10.5. The second-order valence-electron chi connectivity index (χ2n) is 4.05. The van der Waals surface area contributed by atoms with E-state index in [0.717, 1.165) is 18.2 Å². The zero-order chi connectivity index (χ0) is 15.6. The Morgan fingerprint density at radius 3 is 2.41 bits per heavy atom. The van der Waals surface area contributed by atoms with Gasteiger partial charge in [0.25, 0.3) is 10.0 Å². The summed E-state index contributed by atoms with van der Waals surface area (Å²) in [6.45, 7) is 0. The van der Waals surface area contributed by atoms with Gasteiger partial charge < -0.3 is 15.0 Å². The summed E-state index contributed by atoms with van der Waals surface area (Å²) in [5.74, 6) is -2.26. The van der Waals surface area contributed by atoms with Crippen LogP contribution in [0, 0.1) is 0 Å². The van der Waals surface area contributed by atoms with Crippen molar-refractivity contribution in [3.05, 3.63) is 53.1 Å². The molecule has 2 aromatic rings. The van der Waals surface area contributed by atoms with E-state index in [1.54, 1.807) is 12.1 Å². The summed E-state index contributed by atoms with van der Waals surface area (Å²) in [6, 6.07) is 9.03. The molecule has 6 nitrogen and oxygen atoms in total. The van der Waals surface area contributed by atoms with E-state index in [4.69, 9.17) is 11.6 Å². The number of halogens is 1. The minimum atomic E-state index is -4.05. The topological polar surface area (TPSA) is 107 Å². The molecule has 2 N–H and O–H groups in total. The van der Waals surface area contributed by atoms with Crippen LogP contribution in [-0.2, 0) is 10.0 Å². The number of nitrogens with one attached hydrogen (secondary N) is 1. The quantitative estimate of drug-likeness (QED) is 0.623. The van der Waals surface area contributed by atoms with E-state index in [2.05, 4.69) is 4.72 Å². The molecule has 0 aliphatic rings. The Balaban J connectivity index is 0.00000242. The average molecular weight is 366 g/mol. The third-order valence-electron chi connectivity index (χ3n) is 2.62. The second kappa shape index (κ2) is 7.78. The third kappa shape index (κ3) is 4.45. The molecule has 0 atom stereocenters. The molecule has 22 heavy (non-hydrogen) atoms. The second-order valence-corrected chi connectivity index (χ2v) is 6.14. The fourth-order valence-electron chi connectivity index (χ4n) is 1.59. The van der Waals surface area contributed by atoms with Crippen LogP contribution >= 0.6 is 11.6 Å². The van der Waals surface area contributed by atoms with Crippen LogP contribution in [0.4, 0.5) is 5.69 Å². The molecule has 0 aliphatic heterocycles. The standard InChI is InChI=1S/C13H10ClNO5S.K/c14-10-3-1-2-4-11(10)15-21(19,20)8-5-6-12(16)9(7-8)13(17)18;/h1-7,15-16H,(H,17,18);/q;+1/p-1. The summed E-state index contributed by atoms with van der Waals surface area (Å²) in [5, 5.41) is 20.3. The Labute approximate surface area is 174 Å². The number of aromatic carboxylic acids is 1. The number of hydrogen-bond donors (Lipinski definition) is 2. The van der Waals surface area contributed by atoms with Gasteiger partial charge in [-0.2, -0.15) is 0 Å². The van der Waals surface area contributed by atoms with Crippen LogP contribution in [0.15, 0.2) is 47.4 Å². The van der Waals surface area contributed by atoms with E-state index in [1.165, 1.54) is 12.1 Å². The number of sulfonamides is 1. The molecule has 0 fully saturated rings. The number of para-hydroxylation sites is 1. The molecule has 0 aliphatic carbocycles. The SMILES string of the molecule is O=C([O-])c1cc(S(=O)(=O)Nc2ccccc2Cl)ccc1O.[K+]. The number of hydrogen-bond acceptors (Lipinski definition) is 5. The van der Waals surface area contributed by atoms with Crippen molar-refractivity contribution in [1.29, 1.82) is 0 Å². The Hall–Kier alpha value is -0.614. The molecular weight excluding hydrogens is 357 g/mol. The van der Waals surface area contributed by atoms with Gasteiger partial charge in [-0.25, -0.2) is 8.42 Å².